The molecule has 0 heterocycles. The number of hydrogen-bond donors (Lipinski definition) is 1. The molecule has 0 aliphatic carbocycles. The molecule has 0 rings (SSSR count). The van der Waals surface area contributed by atoms with Gasteiger partial charge < -0.3 is 14.6 Å². The van der Waals surface area contributed by atoms with Crippen molar-refractivity contribution in [3.8, 4) is 0 Å². The van der Waals surface area contributed by atoms with Crippen molar-refractivity contribution in [3.63, 3.8) is 0 Å². The number of carbonyl (C=O) groups excluding carboxylic acids is 1. The topological polar surface area (TPSA) is 59.0 Å². The maximum absolute atomic E-state index is 11.3. The fourth-order valence-electron chi connectivity index (χ4n) is 1.54. The molecule has 0 aliphatic heterocycles. The van der Waals surface area contributed by atoms with E-state index >= 15 is 0 Å². The van der Waals surface area contributed by atoms with Crippen molar-refractivity contribution >= 4 is 5.97 Å². The van der Waals surface area contributed by atoms with E-state index in [-0.39, 0.29) is 12.5 Å². The molecule has 0 fully saturated rings. The molecular formula is C12H25NO4. The van der Waals surface area contributed by atoms with Crippen LogP contribution in [0.5, 0.6) is 0 Å². The van der Waals surface area contributed by atoms with E-state index in [9.17, 15) is 9.90 Å². The molecule has 0 spiro atoms. The Morgan fingerprint density at radius 1 is 1.29 bits per heavy atom. The predicted octanol–water partition coefficient (Wildman–Crippen LogP) is 0.659. The van der Waals surface area contributed by atoms with Gasteiger partial charge in [-0.15, -0.1) is 0 Å². The summed E-state index contributed by atoms with van der Waals surface area (Å²) in [5.41, 5.74) is 0. The molecule has 0 aliphatic rings. The molecule has 17 heavy (non-hydrogen) atoms. The summed E-state index contributed by atoms with van der Waals surface area (Å²) < 4.78 is 10.0. The van der Waals surface area contributed by atoms with Crippen LogP contribution in [0.4, 0.5) is 0 Å². The van der Waals surface area contributed by atoms with Crippen molar-refractivity contribution in [2.75, 3.05) is 39.5 Å². The number of nitrogens with zero attached hydrogens (tertiary/aromatic N) is 1. The summed E-state index contributed by atoms with van der Waals surface area (Å²) in [6.07, 6.45) is 0.372. The van der Waals surface area contributed by atoms with Crippen LogP contribution in [-0.4, -0.2) is 61.5 Å². The van der Waals surface area contributed by atoms with E-state index in [1.807, 2.05) is 18.7 Å². The van der Waals surface area contributed by atoms with Crippen LogP contribution in [0, 0.1) is 0 Å². The molecule has 102 valence electrons. The number of ether oxygens (including phenoxy) is 2. The van der Waals surface area contributed by atoms with Gasteiger partial charge in [-0.3, -0.25) is 9.69 Å². The van der Waals surface area contributed by atoms with Gasteiger partial charge in [0.25, 0.3) is 0 Å². The van der Waals surface area contributed by atoms with E-state index in [1.54, 1.807) is 6.92 Å². The Labute approximate surface area is 104 Å². The average molecular weight is 247 g/mol. The van der Waals surface area contributed by atoms with Gasteiger partial charge in [0.05, 0.1) is 25.9 Å². The lowest BCUT2D eigenvalue weighted by Crippen LogP contribution is -2.39. The van der Waals surface area contributed by atoms with Crippen LogP contribution in [0.2, 0.25) is 0 Å². The van der Waals surface area contributed by atoms with Gasteiger partial charge in [0, 0.05) is 13.2 Å². The number of rotatable bonds is 10. The van der Waals surface area contributed by atoms with Crippen LogP contribution < -0.4 is 0 Å². The Morgan fingerprint density at radius 3 is 2.53 bits per heavy atom. The van der Waals surface area contributed by atoms with Crippen molar-refractivity contribution in [1.29, 1.82) is 0 Å². The standard InChI is InChI=1S/C12H25NO4/c1-4-7-13(9-12(15)17-6-3)8-11(14)10-16-5-2/h11,14H,4-10H2,1-3H3. The van der Waals surface area contributed by atoms with Gasteiger partial charge in [0.15, 0.2) is 0 Å². The van der Waals surface area contributed by atoms with Crippen LogP contribution in [0.15, 0.2) is 0 Å². The lowest BCUT2D eigenvalue weighted by molar-refractivity contribution is -0.144. The van der Waals surface area contributed by atoms with Crippen LogP contribution >= 0.6 is 0 Å². The molecule has 0 aromatic carbocycles. The summed E-state index contributed by atoms with van der Waals surface area (Å²) >= 11 is 0. The second kappa shape index (κ2) is 10.5. The SMILES string of the molecule is CCCN(CC(=O)OCC)CC(O)COCC. The summed E-state index contributed by atoms with van der Waals surface area (Å²) in [6.45, 7) is 8.41. The summed E-state index contributed by atoms with van der Waals surface area (Å²) in [7, 11) is 0. The average Bonchev–Trinajstić information content (AvgIpc) is 2.27. The maximum atomic E-state index is 11.3. The third kappa shape index (κ3) is 9.09. The first-order valence-corrected chi connectivity index (χ1v) is 6.27. The number of carbonyl (C=O) groups is 1. The Hall–Kier alpha value is -0.650. The minimum atomic E-state index is -0.559. The Morgan fingerprint density at radius 2 is 2.00 bits per heavy atom. The molecule has 0 bridgehead atoms. The van der Waals surface area contributed by atoms with E-state index in [0.29, 0.717) is 26.4 Å². The molecule has 0 saturated carbocycles. The van der Waals surface area contributed by atoms with Crippen LogP contribution in [0.25, 0.3) is 0 Å². The van der Waals surface area contributed by atoms with Gasteiger partial charge in [-0.25, -0.2) is 0 Å². The largest absolute Gasteiger partial charge is 0.465 e. The van der Waals surface area contributed by atoms with E-state index in [4.69, 9.17) is 9.47 Å². The van der Waals surface area contributed by atoms with Crippen LogP contribution in [0.3, 0.4) is 0 Å². The van der Waals surface area contributed by atoms with Crippen molar-refractivity contribution in [2.24, 2.45) is 0 Å². The number of hydrogen-bond acceptors (Lipinski definition) is 5. The highest BCUT2D eigenvalue weighted by atomic mass is 16.5. The van der Waals surface area contributed by atoms with E-state index < -0.39 is 6.10 Å². The predicted molar refractivity (Wildman–Crippen MR) is 65.9 cm³/mol. The van der Waals surface area contributed by atoms with Crippen molar-refractivity contribution in [3.05, 3.63) is 0 Å². The van der Waals surface area contributed by atoms with Gasteiger partial charge in [-0.05, 0) is 26.8 Å². The quantitative estimate of drug-likeness (QED) is 0.575. The molecule has 0 saturated heterocycles. The van der Waals surface area contributed by atoms with Crippen molar-refractivity contribution < 1.29 is 19.4 Å². The van der Waals surface area contributed by atoms with Crippen molar-refractivity contribution in [2.45, 2.75) is 33.3 Å². The van der Waals surface area contributed by atoms with Crippen molar-refractivity contribution in [1.82, 2.24) is 4.90 Å². The fraction of sp³-hybridized carbons (Fsp3) is 0.917. The summed E-state index contributed by atoms with van der Waals surface area (Å²) in [5.74, 6) is -0.246. The first-order valence-electron chi connectivity index (χ1n) is 6.27. The lowest BCUT2D eigenvalue weighted by atomic mass is 10.3. The zero-order chi connectivity index (χ0) is 13.1. The van der Waals surface area contributed by atoms with Gasteiger partial charge in [0.2, 0.25) is 0 Å². The molecular weight excluding hydrogens is 222 g/mol. The maximum Gasteiger partial charge on any atom is 0.320 e. The highest BCUT2D eigenvalue weighted by molar-refractivity contribution is 5.71. The van der Waals surface area contributed by atoms with Gasteiger partial charge in [0.1, 0.15) is 0 Å². The molecule has 5 heteroatoms. The second-order valence-corrected chi connectivity index (χ2v) is 3.85. The molecule has 1 N–H and O–H groups in total. The normalized spacial score (nSPS) is 12.8. The highest BCUT2D eigenvalue weighted by Crippen LogP contribution is 1.97. The first-order chi connectivity index (χ1) is 8.13. The third-order valence-corrected chi connectivity index (χ3v) is 2.18. The molecule has 5 nitrogen and oxygen atoms in total. The molecule has 1 atom stereocenters. The number of aliphatic hydroxyl groups excluding tert-OH is 1. The van der Waals surface area contributed by atoms with E-state index in [1.165, 1.54) is 0 Å². The first kappa shape index (κ1) is 16.4. The lowest BCUT2D eigenvalue weighted by Gasteiger charge is -2.23. The van der Waals surface area contributed by atoms with E-state index in [0.717, 1.165) is 13.0 Å². The highest BCUT2D eigenvalue weighted by Gasteiger charge is 2.15. The molecule has 0 aromatic heterocycles. The minimum absolute atomic E-state index is 0.227. The zero-order valence-corrected chi connectivity index (χ0v) is 11.1. The summed E-state index contributed by atoms with van der Waals surface area (Å²) in [6, 6.07) is 0. The van der Waals surface area contributed by atoms with E-state index in [2.05, 4.69) is 0 Å². The summed E-state index contributed by atoms with van der Waals surface area (Å²) in [5, 5.41) is 9.70. The number of aliphatic hydroxyl groups is 1. The Balaban J connectivity index is 3.99. The molecule has 1 unspecified atom stereocenters. The van der Waals surface area contributed by atoms with Gasteiger partial charge in [-0.1, -0.05) is 6.92 Å². The second-order valence-electron chi connectivity index (χ2n) is 3.85. The monoisotopic (exact) mass is 247 g/mol. The smallest absolute Gasteiger partial charge is 0.320 e. The van der Waals surface area contributed by atoms with Crippen LogP contribution in [-0.2, 0) is 14.3 Å². The van der Waals surface area contributed by atoms with Crippen LogP contribution in [0.1, 0.15) is 27.2 Å². The molecule has 0 aromatic rings. The molecule has 0 amide bonds. The molecule has 0 radical (unpaired) electrons. The fourth-order valence-corrected chi connectivity index (χ4v) is 1.54. The Kier molecular flexibility index (Phi) is 10.1. The van der Waals surface area contributed by atoms with Gasteiger partial charge in [-0.2, -0.15) is 0 Å². The zero-order valence-electron chi connectivity index (χ0n) is 11.1. The third-order valence-electron chi connectivity index (χ3n) is 2.18. The number of esters is 1. The summed E-state index contributed by atoms with van der Waals surface area (Å²) in [4.78, 5) is 13.2. The van der Waals surface area contributed by atoms with Gasteiger partial charge >= 0.3 is 5.97 Å². The Bertz CT molecular complexity index is 199. The minimum Gasteiger partial charge on any atom is -0.465 e.